The molecule has 1 aromatic carbocycles. The van der Waals surface area contributed by atoms with E-state index in [4.69, 9.17) is 5.73 Å². The molecule has 1 aliphatic heterocycles. The van der Waals surface area contributed by atoms with Gasteiger partial charge in [-0.05, 0) is 17.7 Å². The Morgan fingerprint density at radius 1 is 1.21 bits per heavy atom. The van der Waals surface area contributed by atoms with Gasteiger partial charge in [-0.3, -0.25) is 0 Å². The van der Waals surface area contributed by atoms with Crippen molar-refractivity contribution in [1.82, 2.24) is 5.53 Å². The summed E-state index contributed by atoms with van der Waals surface area (Å²) < 4.78 is 0. The minimum Gasteiger partial charge on any atom is -0.326 e. The van der Waals surface area contributed by atoms with Crippen LogP contribution in [0, 0.1) is 0 Å². The Bertz CT molecular complexity index is 354. The molecule has 0 saturated carbocycles. The Balaban J connectivity index is 2.16. The summed E-state index contributed by atoms with van der Waals surface area (Å²) in [6.07, 6.45) is 3.21. The second-order valence-electron chi connectivity index (χ2n) is 2.83. The molecular weight excluding hydrogens is 178 g/mol. The maximum absolute atomic E-state index is 5.50. The van der Waals surface area contributed by atoms with Gasteiger partial charge in [0.2, 0.25) is 0 Å². The van der Waals surface area contributed by atoms with Crippen molar-refractivity contribution in [3.05, 3.63) is 29.8 Å². The highest BCUT2D eigenvalue weighted by molar-refractivity contribution is 6.16. The average molecular weight is 189 g/mol. The largest absolute Gasteiger partial charge is 0.326 e. The molecule has 1 heterocycles. The van der Waals surface area contributed by atoms with E-state index < -0.39 is 0 Å². The summed E-state index contributed by atoms with van der Waals surface area (Å²) in [5, 5.41) is 9.51. The van der Waals surface area contributed by atoms with Crippen LogP contribution in [0.1, 0.15) is 5.56 Å². The average Bonchev–Trinajstić information content (AvgIpc) is 2.30. The third-order valence-electron chi connectivity index (χ3n) is 1.89. The summed E-state index contributed by atoms with van der Waals surface area (Å²) in [5.41, 5.74) is 10.3. The lowest BCUT2D eigenvalue weighted by atomic mass is 10.2. The van der Waals surface area contributed by atoms with Crippen LogP contribution in [0.15, 0.2) is 34.5 Å². The van der Waals surface area contributed by atoms with Gasteiger partial charge in [0.1, 0.15) is 0 Å². The number of hydrazine groups is 1. The van der Waals surface area contributed by atoms with E-state index in [1.807, 2.05) is 24.3 Å². The van der Waals surface area contributed by atoms with Crippen molar-refractivity contribution in [2.75, 3.05) is 5.12 Å². The van der Waals surface area contributed by atoms with Crippen LogP contribution in [0.5, 0.6) is 0 Å². The number of nitrogens with one attached hydrogen (secondary N) is 1. The molecule has 5 nitrogen and oxygen atoms in total. The van der Waals surface area contributed by atoms with Crippen molar-refractivity contribution in [3.63, 3.8) is 0 Å². The molecule has 2 rings (SSSR count). The fraction of sp³-hybridized carbons (Fsp3) is 0.111. The van der Waals surface area contributed by atoms with E-state index in [1.54, 1.807) is 17.5 Å². The smallest absolute Gasteiger partial charge is 0.0850 e. The minimum atomic E-state index is 0.551. The summed E-state index contributed by atoms with van der Waals surface area (Å²) in [5.74, 6) is 0. The van der Waals surface area contributed by atoms with Gasteiger partial charge in [0.05, 0.1) is 18.1 Å². The van der Waals surface area contributed by atoms with E-state index in [-0.39, 0.29) is 0 Å². The zero-order chi connectivity index (χ0) is 9.80. The van der Waals surface area contributed by atoms with Crippen molar-refractivity contribution in [2.24, 2.45) is 15.9 Å². The van der Waals surface area contributed by atoms with E-state index in [0.29, 0.717) is 6.54 Å². The maximum Gasteiger partial charge on any atom is 0.0850 e. The highest BCUT2D eigenvalue weighted by Crippen LogP contribution is 2.13. The summed E-state index contributed by atoms with van der Waals surface area (Å²) in [7, 11) is 0. The van der Waals surface area contributed by atoms with E-state index in [1.165, 1.54) is 0 Å². The Morgan fingerprint density at radius 3 is 2.57 bits per heavy atom. The lowest BCUT2D eigenvalue weighted by Crippen LogP contribution is -2.31. The Morgan fingerprint density at radius 2 is 2.00 bits per heavy atom. The fourth-order valence-corrected chi connectivity index (χ4v) is 1.14. The topological polar surface area (TPSA) is 66.0 Å². The number of hydrogen-bond donors (Lipinski definition) is 2. The predicted molar refractivity (Wildman–Crippen MR) is 56.9 cm³/mol. The highest BCUT2D eigenvalue weighted by atomic mass is 15.8. The van der Waals surface area contributed by atoms with Gasteiger partial charge in [0, 0.05) is 6.54 Å². The van der Waals surface area contributed by atoms with E-state index in [0.717, 1.165) is 11.3 Å². The van der Waals surface area contributed by atoms with E-state index in [2.05, 4.69) is 15.7 Å². The zero-order valence-electron chi connectivity index (χ0n) is 7.59. The number of hydrazone groups is 2. The van der Waals surface area contributed by atoms with Crippen LogP contribution in [0.25, 0.3) is 0 Å². The number of nitrogens with two attached hydrogens (primary N) is 1. The molecule has 0 fully saturated rings. The third-order valence-corrected chi connectivity index (χ3v) is 1.89. The SMILES string of the molecule is NCc1ccc(N2N=CC=NN2)cc1. The van der Waals surface area contributed by atoms with Crippen LogP contribution in [-0.4, -0.2) is 12.4 Å². The molecule has 0 aliphatic carbocycles. The van der Waals surface area contributed by atoms with Gasteiger partial charge in [0.15, 0.2) is 0 Å². The monoisotopic (exact) mass is 189 g/mol. The molecule has 0 atom stereocenters. The Kier molecular flexibility index (Phi) is 2.42. The van der Waals surface area contributed by atoms with E-state index >= 15 is 0 Å². The van der Waals surface area contributed by atoms with E-state index in [9.17, 15) is 0 Å². The van der Waals surface area contributed by atoms with Crippen LogP contribution in [0.2, 0.25) is 0 Å². The normalized spacial score (nSPS) is 14.2. The molecule has 3 N–H and O–H groups in total. The van der Waals surface area contributed by atoms with Crippen molar-refractivity contribution in [2.45, 2.75) is 6.54 Å². The van der Waals surface area contributed by atoms with Crippen molar-refractivity contribution < 1.29 is 0 Å². The fourth-order valence-electron chi connectivity index (χ4n) is 1.14. The molecule has 5 heteroatoms. The molecule has 0 aromatic heterocycles. The Hall–Kier alpha value is -1.88. The standard InChI is InChI=1S/C9H11N5/c10-7-8-1-3-9(4-2-8)14-12-6-5-11-13-14/h1-6,13H,7,10H2. The second kappa shape index (κ2) is 3.89. The van der Waals surface area contributed by atoms with Gasteiger partial charge in [-0.2, -0.15) is 20.9 Å². The van der Waals surface area contributed by atoms with Gasteiger partial charge in [-0.1, -0.05) is 12.1 Å². The van der Waals surface area contributed by atoms with Gasteiger partial charge in [-0.15, -0.1) is 0 Å². The summed E-state index contributed by atoms with van der Waals surface area (Å²) in [4.78, 5) is 0. The van der Waals surface area contributed by atoms with Crippen molar-refractivity contribution in [1.29, 1.82) is 0 Å². The predicted octanol–water partition coefficient (Wildman–Crippen LogP) is 0.441. The van der Waals surface area contributed by atoms with Crippen LogP contribution in [0.4, 0.5) is 5.69 Å². The van der Waals surface area contributed by atoms with Crippen LogP contribution < -0.4 is 16.4 Å². The number of anilines is 1. The van der Waals surface area contributed by atoms with Crippen LogP contribution >= 0.6 is 0 Å². The molecule has 14 heavy (non-hydrogen) atoms. The van der Waals surface area contributed by atoms with Gasteiger partial charge in [-0.25, -0.2) is 0 Å². The molecule has 0 spiro atoms. The molecule has 72 valence electrons. The number of hydrogen-bond acceptors (Lipinski definition) is 5. The number of benzene rings is 1. The van der Waals surface area contributed by atoms with Crippen LogP contribution in [0.3, 0.4) is 0 Å². The summed E-state index contributed by atoms with van der Waals surface area (Å²) in [6.45, 7) is 0.551. The molecule has 0 saturated heterocycles. The zero-order valence-corrected chi connectivity index (χ0v) is 7.59. The second-order valence-corrected chi connectivity index (χ2v) is 2.83. The van der Waals surface area contributed by atoms with Crippen LogP contribution in [-0.2, 0) is 6.54 Å². The molecule has 0 radical (unpaired) electrons. The van der Waals surface area contributed by atoms with Crippen molar-refractivity contribution in [3.8, 4) is 0 Å². The Labute approximate surface area is 81.9 Å². The first-order valence-corrected chi connectivity index (χ1v) is 4.30. The summed E-state index contributed by atoms with van der Waals surface area (Å²) in [6, 6.07) is 7.80. The van der Waals surface area contributed by atoms with Gasteiger partial charge >= 0.3 is 0 Å². The molecule has 0 bridgehead atoms. The molecule has 1 aliphatic rings. The summed E-state index contributed by atoms with van der Waals surface area (Å²) >= 11 is 0. The van der Waals surface area contributed by atoms with Crippen molar-refractivity contribution >= 4 is 18.1 Å². The first-order chi connectivity index (χ1) is 6.90. The molecular formula is C9H11N5. The maximum atomic E-state index is 5.50. The van der Waals surface area contributed by atoms with Gasteiger partial charge < -0.3 is 5.73 Å². The van der Waals surface area contributed by atoms with Gasteiger partial charge in [0.25, 0.3) is 0 Å². The first kappa shape index (κ1) is 8.71. The quantitative estimate of drug-likeness (QED) is 0.709. The third kappa shape index (κ3) is 1.72. The molecule has 0 amide bonds. The number of nitrogens with zero attached hydrogens (tertiary/aromatic N) is 3. The molecule has 0 unspecified atom stereocenters. The lowest BCUT2D eigenvalue weighted by Gasteiger charge is -2.18. The number of rotatable bonds is 2. The highest BCUT2D eigenvalue weighted by Gasteiger charge is 2.03. The first-order valence-electron chi connectivity index (χ1n) is 4.30. The molecule has 1 aromatic rings. The minimum absolute atomic E-state index is 0.551. The lowest BCUT2D eigenvalue weighted by molar-refractivity contribution is 0.682.